The van der Waals surface area contributed by atoms with Crippen LogP contribution in [0.25, 0.3) is 0 Å². The van der Waals surface area contributed by atoms with Crippen LogP contribution in [0.5, 0.6) is 0 Å². The zero-order valence-corrected chi connectivity index (χ0v) is 14.1. The predicted octanol–water partition coefficient (Wildman–Crippen LogP) is 4.06. The van der Waals surface area contributed by atoms with Crippen molar-refractivity contribution in [1.82, 2.24) is 0 Å². The van der Waals surface area contributed by atoms with Crippen molar-refractivity contribution in [2.75, 3.05) is 5.32 Å². The Kier molecular flexibility index (Phi) is 6.82. The van der Waals surface area contributed by atoms with Crippen LogP contribution >= 0.6 is 12.2 Å². The van der Waals surface area contributed by atoms with Crippen molar-refractivity contribution in [3.05, 3.63) is 29.8 Å². The number of anilines is 1. The molecule has 0 aliphatic heterocycles. The van der Waals surface area contributed by atoms with E-state index in [9.17, 15) is 4.79 Å². The minimum Gasteiger partial charge on any atom is -0.392 e. The summed E-state index contributed by atoms with van der Waals surface area (Å²) in [5.41, 5.74) is 7.18. The van der Waals surface area contributed by atoms with E-state index in [4.69, 9.17) is 18.0 Å². The Balaban J connectivity index is 3.08. The molecule has 0 aliphatic rings. The van der Waals surface area contributed by atoms with Crippen molar-refractivity contribution in [3.8, 4) is 0 Å². The smallest absolute Gasteiger partial charge is 0.237 e. The molecule has 3 N–H and O–H groups in total. The Bertz CT molecular complexity index is 493. The molecule has 116 valence electrons. The molecule has 0 aromatic heterocycles. The van der Waals surface area contributed by atoms with E-state index in [1.165, 1.54) is 0 Å². The summed E-state index contributed by atoms with van der Waals surface area (Å²) < 4.78 is 0. The summed E-state index contributed by atoms with van der Waals surface area (Å²) in [5.74, 6) is -0.0698. The first-order valence-electron chi connectivity index (χ1n) is 7.71. The number of thiocarbonyl (C=S) groups is 1. The Labute approximate surface area is 133 Å². The highest BCUT2D eigenvalue weighted by Gasteiger charge is 2.39. The third kappa shape index (κ3) is 4.03. The highest BCUT2D eigenvalue weighted by Crippen LogP contribution is 2.32. The zero-order valence-electron chi connectivity index (χ0n) is 13.2. The number of aryl methyl sites for hydroxylation is 1. The van der Waals surface area contributed by atoms with Crippen LogP contribution in [-0.4, -0.2) is 10.9 Å². The number of nitrogens with two attached hydrogens (primary N) is 1. The Morgan fingerprint density at radius 1 is 1.19 bits per heavy atom. The van der Waals surface area contributed by atoms with Gasteiger partial charge in [0, 0.05) is 5.69 Å². The third-order valence-corrected chi connectivity index (χ3v) is 4.30. The van der Waals surface area contributed by atoms with E-state index >= 15 is 0 Å². The van der Waals surface area contributed by atoms with Crippen molar-refractivity contribution < 1.29 is 4.79 Å². The normalized spacial score (nSPS) is 11.2. The number of rotatable bonds is 8. The van der Waals surface area contributed by atoms with Gasteiger partial charge in [0.2, 0.25) is 5.91 Å². The van der Waals surface area contributed by atoms with E-state index in [1.807, 2.05) is 24.3 Å². The van der Waals surface area contributed by atoms with Crippen molar-refractivity contribution in [3.63, 3.8) is 0 Å². The van der Waals surface area contributed by atoms with Gasteiger partial charge in [0.1, 0.15) is 0 Å². The minimum atomic E-state index is -0.736. The number of para-hydroxylation sites is 1. The minimum absolute atomic E-state index is 0.0698. The third-order valence-electron chi connectivity index (χ3n) is 3.91. The zero-order chi connectivity index (χ0) is 15.9. The lowest BCUT2D eigenvalue weighted by Gasteiger charge is -2.31. The van der Waals surface area contributed by atoms with Gasteiger partial charge >= 0.3 is 0 Å². The maximum Gasteiger partial charge on any atom is 0.237 e. The predicted molar refractivity (Wildman–Crippen MR) is 93.5 cm³/mol. The van der Waals surface area contributed by atoms with E-state index in [0.29, 0.717) is 17.8 Å². The molecule has 0 saturated heterocycles. The second-order valence-electron chi connectivity index (χ2n) is 5.41. The molecule has 0 spiro atoms. The molecular weight excluding hydrogens is 280 g/mol. The summed E-state index contributed by atoms with van der Waals surface area (Å²) in [4.78, 5) is 13.1. The molecule has 0 fully saturated rings. The van der Waals surface area contributed by atoms with E-state index in [0.717, 1.165) is 30.5 Å². The number of hydrogen-bond acceptors (Lipinski definition) is 2. The number of amides is 1. The average Bonchev–Trinajstić information content (AvgIpc) is 2.47. The largest absolute Gasteiger partial charge is 0.392 e. The van der Waals surface area contributed by atoms with Gasteiger partial charge in [0.25, 0.3) is 0 Å². The lowest BCUT2D eigenvalue weighted by Crippen LogP contribution is -2.46. The first-order valence-corrected chi connectivity index (χ1v) is 8.11. The molecule has 0 atom stereocenters. The molecule has 0 aliphatic carbocycles. The molecule has 1 amide bonds. The second kappa shape index (κ2) is 8.13. The van der Waals surface area contributed by atoms with Crippen molar-refractivity contribution >= 4 is 28.8 Å². The fourth-order valence-electron chi connectivity index (χ4n) is 2.76. The van der Waals surface area contributed by atoms with Crippen LogP contribution in [0, 0.1) is 5.41 Å². The number of nitrogens with one attached hydrogen (secondary N) is 1. The first kappa shape index (κ1) is 17.6. The second-order valence-corrected chi connectivity index (χ2v) is 5.85. The molecule has 1 rings (SSSR count). The van der Waals surface area contributed by atoms with Crippen LogP contribution in [-0.2, 0) is 11.2 Å². The summed E-state index contributed by atoms with van der Waals surface area (Å²) in [6, 6.07) is 7.86. The van der Waals surface area contributed by atoms with Crippen molar-refractivity contribution in [2.24, 2.45) is 11.1 Å². The van der Waals surface area contributed by atoms with Crippen molar-refractivity contribution in [1.29, 1.82) is 0 Å². The molecule has 0 heterocycles. The number of carbonyl (C=O) groups excluding carboxylic acids is 1. The average molecular weight is 306 g/mol. The summed E-state index contributed by atoms with van der Waals surface area (Å²) in [5, 5.41) is 3.05. The standard InChI is InChI=1S/C17H26N2OS/c1-4-11-17(12-5-2,15(18)21)16(20)19-14-10-8-7-9-13(14)6-3/h7-10H,4-6,11-12H2,1-3H3,(H2,18,21)(H,19,20). The molecule has 1 aromatic rings. The van der Waals surface area contributed by atoms with Gasteiger partial charge in [0.05, 0.1) is 10.4 Å². The maximum absolute atomic E-state index is 12.8. The fourth-order valence-corrected chi connectivity index (χ4v) is 3.05. The lowest BCUT2D eigenvalue weighted by molar-refractivity contribution is -0.122. The highest BCUT2D eigenvalue weighted by atomic mass is 32.1. The van der Waals surface area contributed by atoms with Gasteiger partial charge in [-0.1, -0.05) is 64.0 Å². The number of carbonyl (C=O) groups is 1. The van der Waals surface area contributed by atoms with Gasteiger partial charge < -0.3 is 11.1 Å². The van der Waals surface area contributed by atoms with Gasteiger partial charge in [0.15, 0.2) is 0 Å². The summed E-state index contributed by atoms with van der Waals surface area (Å²) in [7, 11) is 0. The molecule has 0 radical (unpaired) electrons. The molecule has 0 bridgehead atoms. The van der Waals surface area contributed by atoms with Gasteiger partial charge in [-0.25, -0.2) is 0 Å². The van der Waals surface area contributed by atoms with Crippen LogP contribution in [0.1, 0.15) is 52.0 Å². The Morgan fingerprint density at radius 2 is 1.76 bits per heavy atom. The molecule has 0 unspecified atom stereocenters. The van der Waals surface area contributed by atoms with Crippen molar-refractivity contribution in [2.45, 2.75) is 52.9 Å². The maximum atomic E-state index is 12.8. The van der Waals surface area contributed by atoms with E-state index in [2.05, 4.69) is 26.1 Å². The number of benzene rings is 1. The molecular formula is C17H26N2OS. The van der Waals surface area contributed by atoms with Crippen LogP contribution < -0.4 is 11.1 Å². The highest BCUT2D eigenvalue weighted by molar-refractivity contribution is 7.80. The first-order chi connectivity index (χ1) is 10.0. The topological polar surface area (TPSA) is 55.1 Å². The number of hydrogen-bond donors (Lipinski definition) is 2. The molecule has 0 saturated carbocycles. The van der Waals surface area contributed by atoms with E-state index < -0.39 is 5.41 Å². The quantitative estimate of drug-likeness (QED) is 0.712. The summed E-state index contributed by atoms with van der Waals surface area (Å²) >= 11 is 5.23. The van der Waals surface area contributed by atoms with Gasteiger partial charge in [-0.15, -0.1) is 0 Å². The molecule has 21 heavy (non-hydrogen) atoms. The Hall–Kier alpha value is -1.42. The Morgan fingerprint density at radius 3 is 2.24 bits per heavy atom. The van der Waals surface area contributed by atoms with E-state index in [-0.39, 0.29) is 5.91 Å². The molecule has 1 aromatic carbocycles. The van der Waals surface area contributed by atoms with E-state index in [1.54, 1.807) is 0 Å². The fraction of sp³-hybridized carbons (Fsp3) is 0.529. The summed E-state index contributed by atoms with van der Waals surface area (Å²) in [6.45, 7) is 6.18. The SMILES string of the molecule is CCCC(CCC)(C(=O)Nc1ccccc1CC)C(N)=S. The lowest BCUT2D eigenvalue weighted by atomic mass is 9.78. The molecule has 4 heteroatoms. The van der Waals surface area contributed by atoms with Crippen LogP contribution in [0.3, 0.4) is 0 Å². The van der Waals surface area contributed by atoms with Gasteiger partial charge in [-0.05, 0) is 30.9 Å². The monoisotopic (exact) mass is 306 g/mol. The van der Waals surface area contributed by atoms with Gasteiger partial charge in [-0.2, -0.15) is 0 Å². The van der Waals surface area contributed by atoms with Gasteiger partial charge in [-0.3, -0.25) is 4.79 Å². The summed E-state index contributed by atoms with van der Waals surface area (Å²) in [6.07, 6.45) is 4.01. The van der Waals surface area contributed by atoms with Crippen LogP contribution in [0.4, 0.5) is 5.69 Å². The molecule has 3 nitrogen and oxygen atoms in total. The van der Waals surface area contributed by atoms with Crippen LogP contribution in [0.2, 0.25) is 0 Å². The van der Waals surface area contributed by atoms with Crippen LogP contribution in [0.15, 0.2) is 24.3 Å².